The number of aryl methyl sites for hydroxylation is 1. The zero-order valence-corrected chi connectivity index (χ0v) is 11.6. The van der Waals surface area contributed by atoms with Gasteiger partial charge in [-0.2, -0.15) is 0 Å². The molecule has 0 saturated carbocycles. The average Bonchev–Trinajstić information content (AvgIpc) is 2.90. The molecule has 1 nitrogen and oxygen atoms in total. The summed E-state index contributed by atoms with van der Waals surface area (Å²) in [5.41, 5.74) is 6.29. The Balaban J connectivity index is 1.86. The van der Waals surface area contributed by atoms with Crippen LogP contribution in [-0.4, -0.2) is 0 Å². The molecule has 2 aromatic rings. The summed E-state index contributed by atoms with van der Waals surface area (Å²) in [6.07, 6.45) is 6.06. The van der Waals surface area contributed by atoms with Crippen LogP contribution in [0.4, 0.5) is 5.69 Å². The first kappa shape index (κ1) is 12.7. The molecule has 0 spiro atoms. The molecule has 3 rings (SSSR count). The second-order valence-electron chi connectivity index (χ2n) is 5.19. The highest BCUT2D eigenvalue weighted by Crippen LogP contribution is 2.34. The highest BCUT2D eigenvalue weighted by molar-refractivity contribution is 5.68. The van der Waals surface area contributed by atoms with E-state index in [1.807, 2.05) is 12.2 Å². The lowest BCUT2D eigenvalue weighted by atomic mass is 10.0. The third kappa shape index (κ3) is 2.27. The molecule has 0 aromatic heterocycles. The second-order valence-corrected chi connectivity index (χ2v) is 5.19. The Morgan fingerprint density at radius 2 is 1.80 bits per heavy atom. The van der Waals surface area contributed by atoms with Gasteiger partial charge >= 0.3 is 0 Å². The number of rotatable bonds is 4. The molecule has 2 aromatic carbocycles. The van der Waals surface area contributed by atoms with E-state index in [0.29, 0.717) is 6.04 Å². The molecule has 100 valence electrons. The summed E-state index contributed by atoms with van der Waals surface area (Å²) in [5, 5.41) is 3.64. The number of anilines is 1. The molecule has 20 heavy (non-hydrogen) atoms. The number of hydrogen-bond acceptors (Lipinski definition) is 1. The van der Waals surface area contributed by atoms with Crippen molar-refractivity contribution < 1.29 is 0 Å². The number of benzene rings is 2. The standard InChI is InChI=1S/C19H19N/c1-3-14-9-11-17(13-15(14)4-2)20-19-12-10-16-7-5-6-8-18(16)19/h3-9,11,13,19-20H,1-2,10,12H2. The molecular formula is C19H19N. The largest absolute Gasteiger partial charge is 0.378 e. The summed E-state index contributed by atoms with van der Waals surface area (Å²) in [6, 6.07) is 15.5. The van der Waals surface area contributed by atoms with Crippen molar-refractivity contribution in [2.45, 2.75) is 18.9 Å². The van der Waals surface area contributed by atoms with E-state index in [1.54, 1.807) is 0 Å². The lowest BCUT2D eigenvalue weighted by Crippen LogP contribution is -2.07. The van der Waals surface area contributed by atoms with Crippen LogP contribution >= 0.6 is 0 Å². The van der Waals surface area contributed by atoms with Crippen molar-refractivity contribution in [2.75, 3.05) is 5.32 Å². The fourth-order valence-electron chi connectivity index (χ4n) is 2.94. The predicted molar refractivity (Wildman–Crippen MR) is 87.8 cm³/mol. The SMILES string of the molecule is C=Cc1ccc(NC2CCc3ccccc32)cc1C=C. The van der Waals surface area contributed by atoms with E-state index in [4.69, 9.17) is 0 Å². The van der Waals surface area contributed by atoms with Gasteiger partial charge in [0.15, 0.2) is 0 Å². The monoisotopic (exact) mass is 261 g/mol. The minimum absolute atomic E-state index is 0.415. The number of fused-ring (bicyclic) bond motifs is 1. The van der Waals surface area contributed by atoms with Crippen LogP contribution in [0.25, 0.3) is 12.2 Å². The molecule has 1 unspecified atom stereocenters. The molecule has 1 N–H and O–H groups in total. The predicted octanol–water partition coefficient (Wildman–Crippen LogP) is 5.07. The van der Waals surface area contributed by atoms with Crippen molar-refractivity contribution in [1.82, 2.24) is 0 Å². The van der Waals surface area contributed by atoms with Crippen molar-refractivity contribution in [2.24, 2.45) is 0 Å². The number of hydrogen-bond donors (Lipinski definition) is 1. The average molecular weight is 261 g/mol. The maximum absolute atomic E-state index is 3.87. The van der Waals surface area contributed by atoms with E-state index < -0.39 is 0 Å². The molecule has 0 aliphatic heterocycles. The lowest BCUT2D eigenvalue weighted by molar-refractivity contribution is 0.762. The topological polar surface area (TPSA) is 12.0 Å². The molecule has 0 radical (unpaired) electrons. The van der Waals surface area contributed by atoms with Crippen LogP contribution < -0.4 is 5.32 Å². The van der Waals surface area contributed by atoms with Crippen LogP contribution in [0, 0.1) is 0 Å². The summed E-state index contributed by atoms with van der Waals surface area (Å²) >= 11 is 0. The number of nitrogens with one attached hydrogen (secondary N) is 1. The highest BCUT2D eigenvalue weighted by atomic mass is 14.9. The van der Waals surface area contributed by atoms with Crippen LogP contribution in [0.3, 0.4) is 0 Å². The van der Waals surface area contributed by atoms with Crippen molar-refractivity contribution in [1.29, 1.82) is 0 Å². The summed E-state index contributed by atoms with van der Waals surface area (Å²) in [6.45, 7) is 7.71. The Morgan fingerprint density at radius 3 is 2.60 bits per heavy atom. The van der Waals surface area contributed by atoms with Gasteiger partial charge in [-0.05, 0) is 47.2 Å². The van der Waals surface area contributed by atoms with Crippen LogP contribution in [0.15, 0.2) is 55.6 Å². The van der Waals surface area contributed by atoms with Gasteiger partial charge in [0.25, 0.3) is 0 Å². The van der Waals surface area contributed by atoms with Gasteiger partial charge in [0.05, 0.1) is 6.04 Å². The molecule has 0 bridgehead atoms. The van der Waals surface area contributed by atoms with Crippen LogP contribution in [-0.2, 0) is 6.42 Å². The minimum Gasteiger partial charge on any atom is -0.378 e. The van der Waals surface area contributed by atoms with Gasteiger partial charge in [-0.15, -0.1) is 0 Å². The fraction of sp³-hybridized carbons (Fsp3) is 0.158. The van der Waals surface area contributed by atoms with Gasteiger partial charge in [0.2, 0.25) is 0 Å². The molecule has 1 aliphatic carbocycles. The van der Waals surface area contributed by atoms with Gasteiger partial charge in [0.1, 0.15) is 0 Å². The third-order valence-electron chi connectivity index (χ3n) is 4.00. The molecule has 0 heterocycles. The fourth-order valence-corrected chi connectivity index (χ4v) is 2.94. The van der Waals surface area contributed by atoms with Gasteiger partial charge in [-0.3, -0.25) is 0 Å². The summed E-state index contributed by atoms with van der Waals surface area (Å²) in [4.78, 5) is 0. The highest BCUT2D eigenvalue weighted by Gasteiger charge is 2.21. The first-order valence-electron chi connectivity index (χ1n) is 7.05. The van der Waals surface area contributed by atoms with Crippen molar-refractivity contribution in [3.8, 4) is 0 Å². The Morgan fingerprint density at radius 1 is 1.00 bits per heavy atom. The second kappa shape index (κ2) is 5.38. The zero-order chi connectivity index (χ0) is 13.9. The first-order chi connectivity index (χ1) is 9.81. The van der Waals surface area contributed by atoms with Crippen LogP contribution in [0.2, 0.25) is 0 Å². The molecule has 0 saturated heterocycles. The summed E-state index contributed by atoms with van der Waals surface area (Å²) in [7, 11) is 0. The summed E-state index contributed by atoms with van der Waals surface area (Å²) in [5.74, 6) is 0. The van der Waals surface area contributed by atoms with E-state index in [-0.39, 0.29) is 0 Å². The maximum Gasteiger partial charge on any atom is 0.0519 e. The Labute approximate surface area is 120 Å². The minimum atomic E-state index is 0.415. The van der Waals surface area contributed by atoms with Crippen molar-refractivity contribution in [3.63, 3.8) is 0 Å². The molecule has 0 amide bonds. The molecule has 1 aliphatic rings. The van der Waals surface area contributed by atoms with Gasteiger partial charge < -0.3 is 5.32 Å². The molecule has 1 heteroatoms. The Kier molecular flexibility index (Phi) is 3.42. The molecule has 1 atom stereocenters. The zero-order valence-electron chi connectivity index (χ0n) is 11.6. The smallest absolute Gasteiger partial charge is 0.0519 e. The van der Waals surface area contributed by atoms with E-state index in [2.05, 4.69) is 60.9 Å². The molecule has 0 fully saturated rings. The maximum atomic E-state index is 3.87. The molecular weight excluding hydrogens is 242 g/mol. The van der Waals surface area contributed by atoms with Crippen molar-refractivity contribution in [3.05, 3.63) is 77.9 Å². The normalized spacial score (nSPS) is 16.5. The van der Waals surface area contributed by atoms with Crippen LogP contribution in [0.5, 0.6) is 0 Å². The van der Waals surface area contributed by atoms with Crippen LogP contribution in [0.1, 0.15) is 34.7 Å². The van der Waals surface area contributed by atoms with E-state index in [1.165, 1.54) is 11.1 Å². The van der Waals surface area contributed by atoms with Crippen molar-refractivity contribution >= 4 is 17.8 Å². The van der Waals surface area contributed by atoms with Gasteiger partial charge in [-0.1, -0.05) is 55.6 Å². The third-order valence-corrected chi connectivity index (χ3v) is 4.00. The lowest BCUT2D eigenvalue weighted by Gasteiger charge is -2.16. The van der Waals surface area contributed by atoms with E-state index >= 15 is 0 Å². The summed E-state index contributed by atoms with van der Waals surface area (Å²) < 4.78 is 0. The Hall–Kier alpha value is -2.28. The van der Waals surface area contributed by atoms with E-state index in [0.717, 1.165) is 29.7 Å². The van der Waals surface area contributed by atoms with Gasteiger partial charge in [0, 0.05) is 5.69 Å². The van der Waals surface area contributed by atoms with Gasteiger partial charge in [-0.25, -0.2) is 0 Å². The van der Waals surface area contributed by atoms with E-state index in [9.17, 15) is 0 Å². The quantitative estimate of drug-likeness (QED) is 0.810. The Bertz CT molecular complexity index is 655. The first-order valence-corrected chi connectivity index (χ1v) is 7.05.